The van der Waals surface area contributed by atoms with Gasteiger partial charge in [0.1, 0.15) is 0 Å². The van der Waals surface area contributed by atoms with Gasteiger partial charge in [0.15, 0.2) is 5.78 Å². The first-order chi connectivity index (χ1) is 13.3. The van der Waals surface area contributed by atoms with E-state index >= 15 is 0 Å². The lowest BCUT2D eigenvalue weighted by atomic mass is 9.79. The molecule has 2 rings (SSSR count). The molecule has 28 heavy (non-hydrogen) atoms. The van der Waals surface area contributed by atoms with E-state index in [0.717, 1.165) is 16.7 Å². The van der Waals surface area contributed by atoms with Crippen molar-refractivity contribution >= 4 is 11.4 Å². The van der Waals surface area contributed by atoms with Crippen LogP contribution in [-0.4, -0.2) is 5.78 Å². The lowest BCUT2D eigenvalue weighted by Crippen LogP contribution is -2.16. The van der Waals surface area contributed by atoms with Crippen LogP contribution in [0, 0.1) is 6.92 Å². The Hall–Kier alpha value is -2.15. The highest BCUT2D eigenvalue weighted by Crippen LogP contribution is 2.32. The topological polar surface area (TPSA) is 17.1 Å². The summed E-state index contributed by atoms with van der Waals surface area (Å²) in [5.41, 5.74) is 6.79. The van der Waals surface area contributed by atoms with E-state index in [-0.39, 0.29) is 11.2 Å². The maximum Gasteiger partial charge on any atom is 0.159 e. The molecule has 2 aromatic carbocycles. The summed E-state index contributed by atoms with van der Waals surface area (Å²) in [6.07, 6.45) is 2.36. The summed E-state index contributed by atoms with van der Waals surface area (Å²) >= 11 is 0. The molecule has 0 unspecified atom stereocenters. The summed E-state index contributed by atoms with van der Waals surface area (Å²) in [7, 11) is 0. The lowest BCUT2D eigenvalue weighted by molar-refractivity contribution is 0.101. The van der Waals surface area contributed by atoms with Crippen molar-refractivity contribution in [1.29, 1.82) is 0 Å². The van der Waals surface area contributed by atoms with Crippen molar-refractivity contribution < 1.29 is 4.79 Å². The van der Waals surface area contributed by atoms with E-state index in [0.29, 0.717) is 0 Å². The number of hydrogen-bond acceptors (Lipinski definition) is 1. The molecule has 0 N–H and O–H groups in total. The molecule has 0 saturated heterocycles. The number of aryl methyl sites for hydroxylation is 1. The number of Topliss-reactive ketones (excluding diaryl/α,β-unsaturated/α-hetero) is 1. The summed E-state index contributed by atoms with van der Waals surface area (Å²) < 4.78 is 0. The van der Waals surface area contributed by atoms with Crippen molar-refractivity contribution in [2.24, 2.45) is 0 Å². The predicted octanol–water partition coefficient (Wildman–Crippen LogP) is 8.39. The van der Waals surface area contributed by atoms with Crippen LogP contribution in [0.1, 0.15) is 101 Å². The molecule has 0 aliphatic carbocycles. The quantitative estimate of drug-likeness (QED) is 0.460. The van der Waals surface area contributed by atoms with Crippen molar-refractivity contribution in [2.45, 2.75) is 80.6 Å². The Kier molecular flexibility index (Phi) is 11.4. The van der Waals surface area contributed by atoms with E-state index in [1.165, 1.54) is 29.5 Å². The summed E-state index contributed by atoms with van der Waals surface area (Å²) in [5, 5.41) is 0. The maximum atomic E-state index is 11.4. The number of carbonyl (C=O) groups excluding carboxylic acids is 1. The van der Waals surface area contributed by atoms with Crippen LogP contribution in [-0.2, 0) is 5.41 Å². The first-order valence-electron chi connectivity index (χ1n) is 10.7. The van der Waals surface area contributed by atoms with E-state index in [1.54, 1.807) is 6.92 Å². The fourth-order valence-electron chi connectivity index (χ4n) is 3.25. The summed E-state index contributed by atoms with van der Waals surface area (Å²) in [4.78, 5) is 11.4. The largest absolute Gasteiger partial charge is 0.295 e. The minimum Gasteiger partial charge on any atom is -0.295 e. The third-order valence-corrected chi connectivity index (χ3v) is 4.85. The average molecular weight is 381 g/mol. The van der Waals surface area contributed by atoms with Crippen molar-refractivity contribution in [3.05, 3.63) is 76.9 Å². The number of carbonyl (C=O) groups is 1. The maximum absolute atomic E-state index is 11.4. The Balaban J connectivity index is 0.00000171. The van der Waals surface area contributed by atoms with Crippen LogP contribution < -0.4 is 0 Å². The number of benzene rings is 2. The van der Waals surface area contributed by atoms with Gasteiger partial charge in [0, 0.05) is 5.56 Å². The first kappa shape index (κ1) is 25.9. The second-order valence-corrected chi connectivity index (χ2v) is 7.28. The molecule has 154 valence electrons. The number of rotatable bonds is 6. The molecule has 0 bridgehead atoms. The van der Waals surface area contributed by atoms with Gasteiger partial charge in [-0.1, -0.05) is 104 Å². The highest BCUT2D eigenvalue weighted by molar-refractivity contribution is 5.94. The molecule has 0 fully saturated rings. The standard InChI is InChI=1S/C23H28O.2C2H6/c1-7-14-23(5,6)21-12-13-22(16(2)15-21)17(3)19-8-10-20(11-9-19)18(4)24;2*1-2/h8-13,15H,3,7,14H2,1-2,4-6H3;2*1-2H3. The van der Waals surface area contributed by atoms with Gasteiger partial charge in [-0.15, -0.1) is 0 Å². The van der Waals surface area contributed by atoms with Crippen LogP contribution in [0.25, 0.3) is 5.57 Å². The van der Waals surface area contributed by atoms with E-state index < -0.39 is 0 Å². The smallest absolute Gasteiger partial charge is 0.159 e. The molecular weight excluding hydrogens is 340 g/mol. The molecule has 0 radical (unpaired) electrons. The minimum absolute atomic E-state index is 0.0888. The highest BCUT2D eigenvalue weighted by Gasteiger charge is 2.20. The fourth-order valence-corrected chi connectivity index (χ4v) is 3.25. The van der Waals surface area contributed by atoms with Gasteiger partial charge in [-0.2, -0.15) is 0 Å². The molecule has 0 amide bonds. The molecule has 1 nitrogen and oxygen atoms in total. The van der Waals surface area contributed by atoms with Gasteiger partial charge in [0.05, 0.1) is 0 Å². The van der Waals surface area contributed by atoms with Crippen LogP contribution in [0.4, 0.5) is 0 Å². The SMILES string of the molecule is C=C(c1ccc(C(C)=O)cc1)c1ccc(C(C)(C)CCC)cc1C.CC.CC. The second kappa shape index (κ2) is 12.3. The van der Waals surface area contributed by atoms with Gasteiger partial charge in [-0.25, -0.2) is 0 Å². The normalized spacial score (nSPS) is 10.2. The van der Waals surface area contributed by atoms with Crippen LogP contribution in [0.15, 0.2) is 49.0 Å². The monoisotopic (exact) mass is 380 g/mol. The summed E-state index contributed by atoms with van der Waals surface area (Å²) in [6, 6.07) is 14.4. The predicted molar refractivity (Wildman–Crippen MR) is 126 cm³/mol. The Morgan fingerprint density at radius 2 is 1.43 bits per heavy atom. The molecule has 0 aliphatic heterocycles. The second-order valence-electron chi connectivity index (χ2n) is 7.28. The molecule has 0 aliphatic rings. The molecule has 0 spiro atoms. The summed E-state index contributed by atoms with van der Waals surface area (Å²) in [6.45, 7) is 22.9. The molecule has 1 heteroatoms. The molecule has 0 saturated carbocycles. The zero-order valence-electron chi connectivity index (χ0n) is 19.6. The average Bonchev–Trinajstić information content (AvgIpc) is 2.70. The van der Waals surface area contributed by atoms with E-state index in [2.05, 4.69) is 52.5 Å². The van der Waals surface area contributed by atoms with E-state index in [4.69, 9.17) is 0 Å². The van der Waals surface area contributed by atoms with E-state index in [9.17, 15) is 4.79 Å². The molecular formula is C27H40O. The van der Waals surface area contributed by atoms with Gasteiger partial charge < -0.3 is 0 Å². The summed E-state index contributed by atoms with van der Waals surface area (Å²) in [5.74, 6) is 0.0888. The Bertz CT molecular complexity index is 748. The Morgan fingerprint density at radius 1 is 0.929 bits per heavy atom. The molecule has 0 atom stereocenters. The zero-order chi connectivity index (χ0) is 21.9. The van der Waals surface area contributed by atoms with Crippen molar-refractivity contribution in [3.63, 3.8) is 0 Å². The Labute approximate surface area is 173 Å². The van der Waals surface area contributed by atoms with Crippen molar-refractivity contribution in [1.82, 2.24) is 0 Å². The molecule has 2 aromatic rings. The van der Waals surface area contributed by atoms with Gasteiger partial charge in [0.25, 0.3) is 0 Å². The van der Waals surface area contributed by atoms with Crippen LogP contribution in [0.3, 0.4) is 0 Å². The minimum atomic E-state index is 0.0888. The van der Waals surface area contributed by atoms with Crippen molar-refractivity contribution in [3.8, 4) is 0 Å². The third-order valence-electron chi connectivity index (χ3n) is 4.85. The van der Waals surface area contributed by atoms with Crippen LogP contribution in [0.2, 0.25) is 0 Å². The first-order valence-corrected chi connectivity index (χ1v) is 10.7. The van der Waals surface area contributed by atoms with Crippen molar-refractivity contribution in [2.75, 3.05) is 0 Å². The lowest BCUT2D eigenvalue weighted by Gasteiger charge is -2.26. The fraction of sp³-hybridized carbons (Fsp3) is 0.444. The Morgan fingerprint density at radius 3 is 1.86 bits per heavy atom. The number of ketones is 1. The van der Waals surface area contributed by atoms with Crippen LogP contribution in [0.5, 0.6) is 0 Å². The van der Waals surface area contributed by atoms with Gasteiger partial charge in [-0.3, -0.25) is 4.79 Å². The zero-order valence-corrected chi connectivity index (χ0v) is 19.6. The van der Waals surface area contributed by atoms with Gasteiger partial charge in [-0.05, 0) is 53.5 Å². The third kappa shape index (κ3) is 6.78. The molecule has 0 aromatic heterocycles. The van der Waals surface area contributed by atoms with Gasteiger partial charge >= 0.3 is 0 Å². The number of hydrogen-bond donors (Lipinski definition) is 0. The van der Waals surface area contributed by atoms with Crippen LogP contribution >= 0.6 is 0 Å². The van der Waals surface area contributed by atoms with E-state index in [1.807, 2.05) is 52.0 Å². The molecule has 0 heterocycles. The highest BCUT2D eigenvalue weighted by atomic mass is 16.1. The van der Waals surface area contributed by atoms with Gasteiger partial charge in [0.2, 0.25) is 0 Å².